The van der Waals surface area contributed by atoms with Gasteiger partial charge < -0.3 is 35.0 Å². The van der Waals surface area contributed by atoms with E-state index in [0.29, 0.717) is 17.7 Å². The molecule has 0 bridgehead atoms. The molecule has 7 heteroatoms. The van der Waals surface area contributed by atoms with E-state index in [1.807, 2.05) is 0 Å². The molecule has 0 spiro atoms. The molecule has 5 N–H and O–H groups in total. The van der Waals surface area contributed by atoms with Gasteiger partial charge in [0.15, 0.2) is 11.5 Å². The second-order valence-corrected chi connectivity index (χ2v) is 7.04. The molecule has 0 fully saturated rings. The van der Waals surface area contributed by atoms with Gasteiger partial charge in [0, 0.05) is 29.7 Å². The number of ether oxygens (including phenoxy) is 2. The zero-order valence-corrected chi connectivity index (χ0v) is 15.8. The van der Waals surface area contributed by atoms with Crippen molar-refractivity contribution in [2.24, 2.45) is 0 Å². The third-order valence-corrected chi connectivity index (χ3v) is 4.96. The van der Waals surface area contributed by atoms with Gasteiger partial charge in [-0.25, -0.2) is 0 Å². The maximum atomic E-state index is 10.9. The highest BCUT2D eigenvalue weighted by molar-refractivity contribution is 5.52. The van der Waals surface area contributed by atoms with Gasteiger partial charge in [-0.3, -0.25) is 0 Å². The molecule has 152 valence electrons. The van der Waals surface area contributed by atoms with Crippen LogP contribution in [-0.4, -0.2) is 38.2 Å². The summed E-state index contributed by atoms with van der Waals surface area (Å²) in [5.74, 6) is -2.50. The second kappa shape index (κ2) is 8.16. The minimum Gasteiger partial charge on any atom is -0.508 e. The van der Waals surface area contributed by atoms with Crippen LogP contribution < -0.4 is 4.74 Å². The fourth-order valence-corrected chi connectivity index (χ4v) is 3.42. The molecular formula is C21H26O7. The molecule has 1 aliphatic heterocycles. The van der Waals surface area contributed by atoms with Gasteiger partial charge in [-0.15, -0.1) is 0 Å². The number of aliphatic hydroxyl groups excluding tert-OH is 1. The predicted octanol–water partition coefficient (Wildman–Crippen LogP) is 3.25. The zero-order chi connectivity index (χ0) is 20.3. The summed E-state index contributed by atoms with van der Waals surface area (Å²) in [6.45, 7) is 2.41. The smallest absolute Gasteiger partial charge is 0.263 e. The van der Waals surface area contributed by atoms with Gasteiger partial charge in [0.1, 0.15) is 23.4 Å². The SMILES string of the molecule is CCCCCCOC1(c2ccc(O)c(O)c2)Oc2cc(O)cc(O)c2C[C@H]1O. The lowest BCUT2D eigenvalue weighted by Crippen LogP contribution is -2.51. The second-order valence-electron chi connectivity index (χ2n) is 7.04. The Kier molecular flexibility index (Phi) is 5.86. The molecule has 0 aromatic heterocycles. The molecule has 1 heterocycles. The van der Waals surface area contributed by atoms with Gasteiger partial charge in [-0.1, -0.05) is 26.2 Å². The van der Waals surface area contributed by atoms with Crippen LogP contribution in [0.25, 0.3) is 0 Å². The van der Waals surface area contributed by atoms with Crippen LogP contribution in [0.1, 0.15) is 43.7 Å². The van der Waals surface area contributed by atoms with Crippen molar-refractivity contribution in [1.82, 2.24) is 0 Å². The van der Waals surface area contributed by atoms with Crippen LogP contribution in [0.2, 0.25) is 0 Å². The highest BCUT2D eigenvalue weighted by Crippen LogP contribution is 2.46. The number of phenols is 4. The number of fused-ring (bicyclic) bond motifs is 1. The van der Waals surface area contributed by atoms with Crippen molar-refractivity contribution < 1.29 is 35.0 Å². The number of unbranched alkanes of at least 4 members (excludes halogenated alkanes) is 3. The first-order chi connectivity index (χ1) is 13.4. The van der Waals surface area contributed by atoms with Crippen molar-refractivity contribution in [1.29, 1.82) is 0 Å². The fourth-order valence-electron chi connectivity index (χ4n) is 3.42. The van der Waals surface area contributed by atoms with Crippen LogP contribution in [0.3, 0.4) is 0 Å². The largest absolute Gasteiger partial charge is 0.508 e. The Morgan fingerprint density at radius 3 is 2.50 bits per heavy atom. The minimum atomic E-state index is -1.65. The van der Waals surface area contributed by atoms with Gasteiger partial charge in [0.25, 0.3) is 5.79 Å². The number of hydrogen-bond acceptors (Lipinski definition) is 7. The Morgan fingerprint density at radius 1 is 1.00 bits per heavy atom. The first-order valence-electron chi connectivity index (χ1n) is 9.45. The first kappa shape index (κ1) is 20.1. The number of phenolic OH excluding ortho intramolecular Hbond substituents is 4. The van der Waals surface area contributed by atoms with Crippen molar-refractivity contribution in [3.8, 4) is 28.7 Å². The van der Waals surface area contributed by atoms with E-state index in [4.69, 9.17) is 9.47 Å². The average molecular weight is 390 g/mol. The van der Waals surface area contributed by atoms with Crippen molar-refractivity contribution in [2.45, 2.75) is 50.9 Å². The van der Waals surface area contributed by atoms with Crippen LogP contribution >= 0.6 is 0 Å². The van der Waals surface area contributed by atoms with Gasteiger partial charge in [0.05, 0.1) is 6.61 Å². The van der Waals surface area contributed by atoms with Crippen LogP contribution in [0.5, 0.6) is 28.7 Å². The highest BCUT2D eigenvalue weighted by atomic mass is 16.7. The normalized spacial score (nSPS) is 21.1. The van der Waals surface area contributed by atoms with E-state index in [-0.39, 0.29) is 35.2 Å². The quantitative estimate of drug-likeness (QED) is 0.364. The molecule has 2 aromatic rings. The number of aromatic hydroxyl groups is 4. The summed E-state index contributed by atoms with van der Waals surface area (Å²) in [7, 11) is 0. The van der Waals surface area contributed by atoms with Gasteiger partial charge in [-0.2, -0.15) is 0 Å². The van der Waals surface area contributed by atoms with Crippen molar-refractivity contribution >= 4 is 0 Å². The Hall–Kier alpha value is -2.64. The van der Waals surface area contributed by atoms with Gasteiger partial charge in [-0.05, 0) is 24.6 Å². The van der Waals surface area contributed by atoms with E-state index >= 15 is 0 Å². The molecule has 3 rings (SSSR count). The van der Waals surface area contributed by atoms with Crippen molar-refractivity contribution in [2.75, 3.05) is 6.61 Å². The van der Waals surface area contributed by atoms with E-state index < -0.39 is 11.9 Å². The van der Waals surface area contributed by atoms with Crippen molar-refractivity contribution in [3.63, 3.8) is 0 Å². The number of hydrogen-bond donors (Lipinski definition) is 5. The molecule has 0 aliphatic carbocycles. The molecular weight excluding hydrogens is 364 g/mol. The van der Waals surface area contributed by atoms with Crippen LogP contribution in [0.15, 0.2) is 30.3 Å². The molecule has 0 amide bonds. The standard InChI is InChI=1S/C21H26O7/c1-2-3-4-5-8-27-21(13-6-7-16(23)18(25)9-13)20(26)12-15-17(24)10-14(22)11-19(15)28-21/h6-7,9-11,20,22-26H,2-5,8,12H2,1H3/t20-,21?/m1/s1. The molecule has 0 saturated carbocycles. The van der Waals surface area contributed by atoms with Gasteiger partial charge >= 0.3 is 0 Å². The Balaban J connectivity index is 1.99. The maximum Gasteiger partial charge on any atom is 0.263 e. The molecule has 0 saturated heterocycles. The van der Waals surface area contributed by atoms with E-state index in [2.05, 4.69) is 6.92 Å². The van der Waals surface area contributed by atoms with Gasteiger partial charge in [0.2, 0.25) is 0 Å². The zero-order valence-electron chi connectivity index (χ0n) is 15.8. The molecule has 1 aliphatic rings. The summed E-state index contributed by atoms with van der Waals surface area (Å²) < 4.78 is 12.0. The third kappa shape index (κ3) is 3.81. The first-order valence-corrected chi connectivity index (χ1v) is 9.45. The number of rotatable bonds is 7. The summed E-state index contributed by atoms with van der Waals surface area (Å²) in [5.41, 5.74) is 0.679. The molecule has 1 unspecified atom stereocenters. The average Bonchev–Trinajstić information content (AvgIpc) is 2.65. The molecule has 2 aromatic carbocycles. The van der Waals surface area contributed by atoms with Crippen LogP contribution in [0, 0.1) is 0 Å². The molecule has 7 nitrogen and oxygen atoms in total. The van der Waals surface area contributed by atoms with Crippen LogP contribution in [0.4, 0.5) is 0 Å². The van der Waals surface area contributed by atoms with E-state index in [0.717, 1.165) is 25.7 Å². The van der Waals surface area contributed by atoms with Crippen molar-refractivity contribution in [3.05, 3.63) is 41.5 Å². The topological polar surface area (TPSA) is 120 Å². The third-order valence-electron chi connectivity index (χ3n) is 4.96. The number of aliphatic hydroxyl groups is 1. The fraction of sp³-hybridized carbons (Fsp3) is 0.429. The molecule has 28 heavy (non-hydrogen) atoms. The lowest BCUT2D eigenvalue weighted by molar-refractivity contribution is -0.255. The lowest BCUT2D eigenvalue weighted by atomic mass is 9.90. The van der Waals surface area contributed by atoms with E-state index in [1.165, 1.54) is 30.3 Å². The van der Waals surface area contributed by atoms with Crippen LogP contribution in [-0.2, 0) is 16.9 Å². The summed E-state index contributed by atoms with van der Waals surface area (Å²) >= 11 is 0. The Bertz CT molecular complexity index is 836. The summed E-state index contributed by atoms with van der Waals surface area (Å²) in [6, 6.07) is 6.59. The number of benzene rings is 2. The van der Waals surface area contributed by atoms with E-state index in [1.54, 1.807) is 0 Å². The monoisotopic (exact) mass is 390 g/mol. The lowest BCUT2D eigenvalue weighted by Gasteiger charge is -2.42. The highest BCUT2D eigenvalue weighted by Gasteiger charge is 2.48. The summed E-state index contributed by atoms with van der Waals surface area (Å²) in [4.78, 5) is 0. The maximum absolute atomic E-state index is 10.9. The Morgan fingerprint density at radius 2 is 1.79 bits per heavy atom. The predicted molar refractivity (Wildman–Crippen MR) is 102 cm³/mol. The molecule has 0 radical (unpaired) electrons. The summed E-state index contributed by atoms with van der Waals surface area (Å²) in [6.07, 6.45) is 2.69. The Labute approximate surface area is 163 Å². The molecule has 2 atom stereocenters. The minimum absolute atomic E-state index is 0.0258. The van der Waals surface area contributed by atoms with E-state index in [9.17, 15) is 25.5 Å². The summed E-state index contributed by atoms with van der Waals surface area (Å²) in [5, 5.41) is 50.4.